The molecule has 2 aromatic rings. The van der Waals surface area contributed by atoms with Gasteiger partial charge in [-0.25, -0.2) is 4.79 Å². The quantitative estimate of drug-likeness (QED) is 0.861. The first-order valence-corrected chi connectivity index (χ1v) is 8.84. The van der Waals surface area contributed by atoms with Crippen LogP contribution in [-0.2, 0) is 11.2 Å². The van der Waals surface area contributed by atoms with E-state index < -0.39 is 5.54 Å². The molecule has 6 heteroatoms. The maximum Gasteiger partial charge on any atom is 0.414 e. The van der Waals surface area contributed by atoms with E-state index in [0.717, 1.165) is 11.3 Å². The second-order valence-electron chi connectivity index (χ2n) is 6.92. The van der Waals surface area contributed by atoms with Crippen LogP contribution in [0.2, 0.25) is 5.02 Å². The van der Waals surface area contributed by atoms with E-state index >= 15 is 0 Å². The van der Waals surface area contributed by atoms with Crippen LogP contribution in [0.4, 0.5) is 10.5 Å². The van der Waals surface area contributed by atoms with E-state index in [9.17, 15) is 9.59 Å². The van der Waals surface area contributed by atoms with Crippen molar-refractivity contribution in [2.75, 3.05) is 18.1 Å². The van der Waals surface area contributed by atoms with Crippen LogP contribution < -0.4 is 10.2 Å². The van der Waals surface area contributed by atoms with Crippen molar-refractivity contribution < 1.29 is 14.3 Å². The lowest BCUT2D eigenvalue weighted by Gasteiger charge is -2.27. The van der Waals surface area contributed by atoms with E-state index in [1.54, 1.807) is 29.2 Å². The lowest BCUT2D eigenvalue weighted by molar-refractivity contribution is 0.0913. The Morgan fingerprint density at radius 1 is 1.19 bits per heavy atom. The molecule has 1 N–H and O–H groups in total. The molecular weight excluding hydrogens is 352 g/mol. The normalized spacial score (nSPS) is 14.3. The van der Waals surface area contributed by atoms with E-state index in [1.807, 2.05) is 38.1 Å². The average molecular weight is 373 g/mol. The Morgan fingerprint density at radius 2 is 1.88 bits per heavy atom. The van der Waals surface area contributed by atoms with Crippen molar-refractivity contribution in [2.45, 2.75) is 25.8 Å². The topological polar surface area (TPSA) is 58.6 Å². The van der Waals surface area contributed by atoms with Crippen molar-refractivity contribution in [3.8, 4) is 0 Å². The van der Waals surface area contributed by atoms with Gasteiger partial charge in [0.2, 0.25) is 0 Å². The largest absolute Gasteiger partial charge is 0.447 e. The summed E-state index contributed by atoms with van der Waals surface area (Å²) < 4.78 is 4.93. The predicted octanol–water partition coefficient (Wildman–Crippen LogP) is 4.05. The van der Waals surface area contributed by atoms with Crippen molar-refractivity contribution in [3.05, 3.63) is 64.7 Å². The first kappa shape index (κ1) is 18.3. The summed E-state index contributed by atoms with van der Waals surface area (Å²) in [6, 6.07) is 14.5. The van der Waals surface area contributed by atoms with Gasteiger partial charge in [-0.15, -0.1) is 0 Å². The van der Waals surface area contributed by atoms with Crippen molar-refractivity contribution >= 4 is 29.3 Å². The molecule has 1 fully saturated rings. The Labute approximate surface area is 157 Å². The predicted molar refractivity (Wildman–Crippen MR) is 102 cm³/mol. The lowest BCUT2D eigenvalue weighted by Crippen LogP contribution is -2.45. The smallest absolute Gasteiger partial charge is 0.414 e. The van der Waals surface area contributed by atoms with Crippen molar-refractivity contribution in [1.82, 2.24) is 5.32 Å². The fraction of sp³-hybridized carbons (Fsp3) is 0.300. The van der Waals surface area contributed by atoms with Crippen molar-refractivity contribution in [3.63, 3.8) is 0 Å². The molecular formula is C20H21ClN2O3. The highest BCUT2D eigenvalue weighted by Gasteiger charge is 2.25. The first-order valence-electron chi connectivity index (χ1n) is 8.46. The minimum absolute atomic E-state index is 0.169. The van der Waals surface area contributed by atoms with Gasteiger partial charge in [0.05, 0.1) is 6.54 Å². The molecule has 2 aromatic carbocycles. The molecule has 0 unspecified atom stereocenters. The third kappa shape index (κ3) is 4.17. The van der Waals surface area contributed by atoms with Crippen molar-refractivity contribution in [1.29, 1.82) is 0 Å². The Balaban J connectivity index is 1.67. The zero-order chi connectivity index (χ0) is 18.7. The molecule has 1 heterocycles. The van der Waals surface area contributed by atoms with Crippen LogP contribution in [0.3, 0.4) is 0 Å². The fourth-order valence-electron chi connectivity index (χ4n) is 2.96. The highest BCUT2D eigenvalue weighted by atomic mass is 35.5. The number of carbonyl (C=O) groups is 2. The molecule has 1 aliphatic heterocycles. The Bertz CT molecular complexity index is 818. The second kappa shape index (κ2) is 7.38. The van der Waals surface area contributed by atoms with Gasteiger partial charge in [-0.1, -0.05) is 29.8 Å². The summed E-state index contributed by atoms with van der Waals surface area (Å²) >= 11 is 6.22. The van der Waals surface area contributed by atoms with Crippen molar-refractivity contribution in [2.24, 2.45) is 0 Å². The number of rotatable bonds is 5. The van der Waals surface area contributed by atoms with Gasteiger partial charge in [0.1, 0.15) is 6.61 Å². The molecule has 0 atom stereocenters. The highest BCUT2D eigenvalue weighted by Crippen LogP contribution is 2.22. The van der Waals surface area contributed by atoms with Gasteiger partial charge in [-0.2, -0.15) is 0 Å². The summed E-state index contributed by atoms with van der Waals surface area (Å²) in [5, 5.41) is 3.73. The summed E-state index contributed by atoms with van der Waals surface area (Å²) in [7, 11) is 0. The van der Waals surface area contributed by atoms with E-state index in [1.165, 1.54) is 0 Å². The van der Waals surface area contributed by atoms with Gasteiger partial charge in [0.15, 0.2) is 0 Å². The number of hydrogen-bond donors (Lipinski definition) is 1. The number of nitrogens with one attached hydrogen (secondary N) is 1. The number of carbonyl (C=O) groups excluding carboxylic acids is 2. The Kier molecular flexibility index (Phi) is 5.18. The molecule has 136 valence electrons. The van der Waals surface area contributed by atoms with E-state index in [0.29, 0.717) is 30.2 Å². The van der Waals surface area contributed by atoms with Gasteiger partial charge < -0.3 is 10.1 Å². The van der Waals surface area contributed by atoms with Crippen LogP contribution in [-0.4, -0.2) is 30.7 Å². The number of benzene rings is 2. The third-order valence-corrected chi connectivity index (χ3v) is 4.61. The standard InChI is InChI=1S/C20H21ClN2O3/c1-20(2,13-15-5-3-4-6-17(15)21)22-18(24)14-7-9-16(10-8-14)23-11-12-26-19(23)25/h3-10H,11-13H2,1-2H3,(H,22,24). The van der Waals surface area contributed by atoms with Gasteiger partial charge in [0, 0.05) is 21.8 Å². The molecule has 0 bridgehead atoms. The molecule has 3 rings (SSSR count). The first-order chi connectivity index (χ1) is 12.4. The summed E-state index contributed by atoms with van der Waals surface area (Å²) in [4.78, 5) is 25.7. The van der Waals surface area contributed by atoms with Gasteiger partial charge in [-0.05, 0) is 56.2 Å². The zero-order valence-corrected chi connectivity index (χ0v) is 15.5. The van der Waals surface area contributed by atoms with Crippen LogP contribution in [0.1, 0.15) is 29.8 Å². The fourth-order valence-corrected chi connectivity index (χ4v) is 3.16. The number of nitrogens with zero attached hydrogens (tertiary/aromatic N) is 1. The Morgan fingerprint density at radius 3 is 2.50 bits per heavy atom. The van der Waals surface area contributed by atoms with Crippen LogP contribution in [0.5, 0.6) is 0 Å². The van der Waals surface area contributed by atoms with Gasteiger partial charge >= 0.3 is 6.09 Å². The van der Waals surface area contributed by atoms with E-state index in [2.05, 4.69) is 5.32 Å². The van der Waals surface area contributed by atoms with Gasteiger partial charge in [-0.3, -0.25) is 9.69 Å². The van der Waals surface area contributed by atoms with E-state index in [4.69, 9.17) is 16.3 Å². The molecule has 0 aromatic heterocycles. The summed E-state index contributed by atoms with van der Waals surface area (Å²) in [5.41, 5.74) is 1.79. The Hall–Kier alpha value is -2.53. The molecule has 1 aliphatic rings. The summed E-state index contributed by atoms with van der Waals surface area (Å²) in [6.07, 6.45) is 0.263. The molecule has 1 saturated heterocycles. The molecule has 2 amide bonds. The highest BCUT2D eigenvalue weighted by molar-refractivity contribution is 6.31. The number of hydrogen-bond acceptors (Lipinski definition) is 3. The lowest BCUT2D eigenvalue weighted by atomic mass is 9.94. The maximum absolute atomic E-state index is 12.6. The SMILES string of the molecule is CC(C)(Cc1ccccc1Cl)NC(=O)c1ccc(N2CCOC2=O)cc1. The van der Waals surface area contributed by atoms with Gasteiger partial charge in [0.25, 0.3) is 5.91 Å². The number of ether oxygens (including phenoxy) is 1. The van der Waals surface area contributed by atoms with E-state index in [-0.39, 0.29) is 12.0 Å². The number of cyclic esters (lactones) is 1. The number of anilines is 1. The molecule has 0 aliphatic carbocycles. The minimum atomic E-state index is -0.459. The zero-order valence-electron chi connectivity index (χ0n) is 14.8. The van der Waals surface area contributed by atoms with Crippen LogP contribution in [0.25, 0.3) is 0 Å². The number of amides is 2. The number of halogens is 1. The molecule has 26 heavy (non-hydrogen) atoms. The molecule has 0 spiro atoms. The summed E-state index contributed by atoms with van der Waals surface area (Å²) in [6.45, 7) is 4.83. The van der Waals surface area contributed by atoms with Crippen LogP contribution in [0, 0.1) is 0 Å². The van der Waals surface area contributed by atoms with Crippen LogP contribution >= 0.6 is 11.6 Å². The monoisotopic (exact) mass is 372 g/mol. The third-order valence-electron chi connectivity index (χ3n) is 4.24. The second-order valence-corrected chi connectivity index (χ2v) is 7.33. The maximum atomic E-state index is 12.6. The minimum Gasteiger partial charge on any atom is -0.447 e. The molecule has 0 saturated carbocycles. The molecule has 0 radical (unpaired) electrons. The average Bonchev–Trinajstić information content (AvgIpc) is 3.02. The summed E-state index contributed by atoms with van der Waals surface area (Å²) in [5.74, 6) is -0.169. The molecule has 5 nitrogen and oxygen atoms in total. The van der Waals surface area contributed by atoms with Crippen LogP contribution in [0.15, 0.2) is 48.5 Å².